The molecule has 1 aromatic rings. The number of piperidine rings is 1. The lowest BCUT2D eigenvalue weighted by molar-refractivity contribution is -0.384. The Morgan fingerprint density at radius 2 is 2.11 bits per heavy atom. The molecule has 0 aliphatic carbocycles. The summed E-state index contributed by atoms with van der Waals surface area (Å²) in [6.07, 6.45) is 1.73. The Hall–Kier alpha value is -2.15. The van der Waals surface area contributed by atoms with E-state index in [2.05, 4.69) is 10.6 Å². The van der Waals surface area contributed by atoms with Crippen LogP contribution in [0.3, 0.4) is 0 Å². The minimum absolute atomic E-state index is 0.0594. The van der Waals surface area contributed by atoms with Crippen LogP contribution in [0.25, 0.3) is 0 Å². The summed E-state index contributed by atoms with van der Waals surface area (Å²) >= 11 is 0. The summed E-state index contributed by atoms with van der Waals surface area (Å²) in [5.74, 6) is -1.09. The third-order valence-electron chi connectivity index (χ3n) is 3.14. The summed E-state index contributed by atoms with van der Waals surface area (Å²) in [6.45, 7) is 1.71. The number of nitro groups is 1. The van der Waals surface area contributed by atoms with Crippen molar-refractivity contribution in [3.05, 3.63) is 33.9 Å². The number of non-ortho nitro benzene ring substituents is 1. The normalized spacial score (nSPS) is 16.0. The van der Waals surface area contributed by atoms with E-state index in [0.717, 1.165) is 25.9 Å². The number of carbonyl (C=O) groups is 1. The van der Waals surface area contributed by atoms with E-state index in [1.54, 1.807) is 0 Å². The zero-order valence-electron chi connectivity index (χ0n) is 10.3. The average molecular weight is 265 g/mol. The smallest absolute Gasteiger partial charge is 0.337 e. The molecule has 19 heavy (non-hydrogen) atoms. The summed E-state index contributed by atoms with van der Waals surface area (Å²) in [5.41, 5.74) is 0.263. The Bertz CT molecular complexity index is 498. The molecule has 0 radical (unpaired) electrons. The molecule has 0 unspecified atom stereocenters. The standard InChI is InChI=1S/C12H15N3O4/c16-12(17)10-2-1-9(15(18)19)7-11(10)14-8-3-5-13-6-4-8/h1-2,7-8,13-14H,3-6H2,(H,16,17). The first kappa shape index (κ1) is 13.3. The van der Waals surface area contributed by atoms with Gasteiger partial charge in [-0.2, -0.15) is 0 Å². The fraction of sp³-hybridized carbons (Fsp3) is 0.417. The van der Waals surface area contributed by atoms with E-state index >= 15 is 0 Å². The Kier molecular flexibility index (Phi) is 3.96. The van der Waals surface area contributed by atoms with Crippen LogP contribution in [-0.4, -0.2) is 35.1 Å². The van der Waals surface area contributed by atoms with Crippen LogP contribution in [0.5, 0.6) is 0 Å². The molecule has 0 aromatic heterocycles. The first-order valence-corrected chi connectivity index (χ1v) is 6.07. The zero-order valence-corrected chi connectivity index (χ0v) is 10.3. The lowest BCUT2D eigenvalue weighted by atomic mass is 10.0. The van der Waals surface area contributed by atoms with Crippen LogP contribution in [0.2, 0.25) is 0 Å². The number of nitro benzene ring substituents is 1. The molecule has 0 saturated carbocycles. The van der Waals surface area contributed by atoms with E-state index in [9.17, 15) is 14.9 Å². The lowest BCUT2D eigenvalue weighted by Gasteiger charge is -2.25. The van der Waals surface area contributed by atoms with E-state index in [-0.39, 0.29) is 17.3 Å². The second-order valence-electron chi connectivity index (χ2n) is 4.46. The van der Waals surface area contributed by atoms with Gasteiger partial charge in [0.25, 0.3) is 5.69 Å². The minimum atomic E-state index is -1.09. The number of hydrogen-bond donors (Lipinski definition) is 3. The van der Waals surface area contributed by atoms with Crippen molar-refractivity contribution in [2.45, 2.75) is 18.9 Å². The highest BCUT2D eigenvalue weighted by molar-refractivity contribution is 5.94. The number of carboxylic acids is 1. The third-order valence-corrected chi connectivity index (χ3v) is 3.14. The molecule has 1 aromatic carbocycles. The minimum Gasteiger partial charge on any atom is -0.478 e. The van der Waals surface area contributed by atoms with Crippen LogP contribution in [-0.2, 0) is 0 Å². The molecule has 1 heterocycles. The van der Waals surface area contributed by atoms with Gasteiger partial charge in [0.05, 0.1) is 16.2 Å². The van der Waals surface area contributed by atoms with Gasteiger partial charge in [-0.3, -0.25) is 10.1 Å². The largest absolute Gasteiger partial charge is 0.478 e. The van der Waals surface area contributed by atoms with Crippen molar-refractivity contribution in [3.8, 4) is 0 Å². The van der Waals surface area contributed by atoms with Crippen LogP contribution in [0.4, 0.5) is 11.4 Å². The SMILES string of the molecule is O=C(O)c1ccc([N+](=O)[O-])cc1NC1CCNCC1. The molecule has 0 amide bonds. The average Bonchev–Trinajstić information content (AvgIpc) is 2.39. The topological polar surface area (TPSA) is 104 Å². The van der Waals surface area contributed by atoms with Crippen LogP contribution in [0, 0.1) is 10.1 Å². The quantitative estimate of drug-likeness (QED) is 0.562. The Morgan fingerprint density at radius 1 is 1.42 bits per heavy atom. The third kappa shape index (κ3) is 3.19. The molecule has 1 aliphatic rings. The highest BCUT2D eigenvalue weighted by Crippen LogP contribution is 2.24. The zero-order chi connectivity index (χ0) is 13.8. The van der Waals surface area contributed by atoms with Crippen molar-refractivity contribution < 1.29 is 14.8 Å². The maximum absolute atomic E-state index is 11.1. The van der Waals surface area contributed by atoms with Gasteiger partial charge in [0.2, 0.25) is 0 Å². The van der Waals surface area contributed by atoms with Crippen molar-refractivity contribution in [2.75, 3.05) is 18.4 Å². The highest BCUT2D eigenvalue weighted by Gasteiger charge is 2.19. The number of anilines is 1. The lowest BCUT2D eigenvalue weighted by Crippen LogP contribution is -2.35. The van der Waals surface area contributed by atoms with Gasteiger partial charge in [-0.25, -0.2) is 4.79 Å². The van der Waals surface area contributed by atoms with Gasteiger partial charge in [-0.15, -0.1) is 0 Å². The highest BCUT2D eigenvalue weighted by atomic mass is 16.6. The summed E-state index contributed by atoms with van der Waals surface area (Å²) in [7, 11) is 0. The van der Waals surface area contributed by atoms with Crippen molar-refractivity contribution >= 4 is 17.3 Å². The van der Waals surface area contributed by atoms with E-state index in [1.165, 1.54) is 18.2 Å². The van der Waals surface area contributed by atoms with Gasteiger partial charge in [0, 0.05) is 18.2 Å². The molecule has 7 nitrogen and oxygen atoms in total. The number of benzene rings is 1. The number of nitrogens with zero attached hydrogens (tertiary/aromatic N) is 1. The van der Waals surface area contributed by atoms with E-state index < -0.39 is 10.9 Å². The maximum atomic E-state index is 11.1. The molecule has 102 valence electrons. The number of nitrogens with one attached hydrogen (secondary N) is 2. The fourth-order valence-corrected chi connectivity index (χ4v) is 2.14. The van der Waals surface area contributed by atoms with Crippen molar-refractivity contribution in [3.63, 3.8) is 0 Å². The van der Waals surface area contributed by atoms with Crippen LogP contribution >= 0.6 is 0 Å². The van der Waals surface area contributed by atoms with Gasteiger partial charge in [0.1, 0.15) is 0 Å². The molecule has 0 bridgehead atoms. The molecule has 1 aliphatic heterocycles. The summed E-state index contributed by atoms with van der Waals surface area (Å²) in [5, 5.41) is 26.2. The first-order chi connectivity index (χ1) is 9.08. The predicted molar refractivity (Wildman–Crippen MR) is 69.6 cm³/mol. The second kappa shape index (κ2) is 5.66. The number of aromatic carboxylic acids is 1. The molecule has 0 atom stereocenters. The van der Waals surface area contributed by atoms with E-state index in [1.807, 2.05) is 0 Å². The molecule has 0 spiro atoms. The Morgan fingerprint density at radius 3 is 2.68 bits per heavy atom. The van der Waals surface area contributed by atoms with Gasteiger partial charge in [-0.05, 0) is 32.0 Å². The molecule has 1 fully saturated rings. The number of hydrogen-bond acceptors (Lipinski definition) is 5. The predicted octanol–water partition coefficient (Wildman–Crippen LogP) is 1.46. The van der Waals surface area contributed by atoms with Crippen LogP contribution in [0.15, 0.2) is 18.2 Å². The van der Waals surface area contributed by atoms with Crippen LogP contribution in [0.1, 0.15) is 23.2 Å². The number of rotatable bonds is 4. The molecular formula is C12H15N3O4. The summed E-state index contributed by atoms with van der Waals surface area (Å²) in [6, 6.07) is 3.90. The van der Waals surface area contributed by atoms with Gasteiger partial charge >= 0.3 is 5.97 Å². The molecule has 2 rings (SSSR count). The van der Waals surface area contributed by atoms with Gasteiger partial charge in [-0.1, -0.05) is 0 Å². The maximum Gasteiger partial charge on any atom is 0.337 e. The molecule has 1 saturated heterocycles. The Labute approximate surface area is 109 Å². The summed E-state index contributed by atoms with van der Waals surface area (Å²) in [4.78, 5) is 21.3. The van der Waals surface area contributed by atoms with Gasteiger partial charge < -0.3 is 15.7 Å². The molecule has 7 heteroatoms. The van der Waals surface area contributed by atoms with Crippen molar-refractivity contribution in [2.24, 2.45) is 0 Å². The molecule has 3 N–H and O–H groups in total. The van der Waals surface area contributed by atoms with Crippen LogP contribution < -0.4 is 10.6 Å². The summed E-state index contributed by atoms with van der Waals surface area (Å²) < 4.78 is 0. The first-order valence-electron chi connectivity index (χ1n) is 6.07. The van der Waals surface area contributed by atoms with Crippen molar-refractivity contribution in [1.29, 1.82) is 0 Å². The molecular weight excluding hydrogens is 250 g/mol. The van der Waals surface area contributed by atoms with E-state index in [4.69, 9.17) is 5.11 Å². The number of carboxylic acid groups (broad SMARTS) is 1. The van der Waals surface area contributed by atoms with E-state index in [0.29, 0.717) is 5.69 Å². The van der Waals surface area contributed by atoms with Crippen molar-refractivity contribution in [1.82, 2.24) is 5.32 Å². The monoisotopic (exact) mass is 265 g/mol. The fourth-order valence-electron chi connectivity index (χ4n) is 2.14. The van der Waals surface area contributed by atoms with Gasteiger partial charge in [0.15, 0.2) is 0 Å². The Balaban J connectivity index is 2.26. The second-order valence-corrected chi connectivity index (χ2v) is 4.46.